The molecule has 0 fully saturated rings. The first-order chi connectivity index (χ1) is 32.6. The number of phenolic OH excluding ortho intramolecular Hbond substituents is 1. The summed E-state index contributed by atoms with van der Waals surface area (Å²) in [4.78, 5) is 9.97. The van der Waals surface area contributed by atoms with Gasteiger partial charge < -0.3 is 5.11 Å². The van der Waals surface area contributed by atoms with Crippen LogP contribution in [0.3, 0.4) is 0 Å². The van der Waals surface area contributed by atoms with Crippen LogP contribution >= 0.6 is 0 Å². The molecule has 0 saturated heterocycles. The second-order valence-electron chi connectivity index (χ2n) is 15.1. The van der Waals surface area contributed by atoms with Crippen LogP contribution in [-0.2, 0) is 31.9 Å². The van der Waals surface area contributed by atoms with Gasteiger partial charge >= 0.3 is 0 Å². The summed E-state index contributed by atoms with van der Waals surface area (Å²) in [6, 6.07) is 30.6. The molecule has 0 unspecified atom stereocenters. The Hall–Kier alpha value is -5.57. The Kier molecular flexibility index (Phi) is 6.93. The average molecular weight is 940 g/mol. The zero-order valence-corrected chi connectivity index (χ0v) is 34.3. The minimum Gasteiger partial charge on any atom is -0.507 e. The predicted molar refractivity (Wildman–Crippen MR) is 233 cm³/mol. The maximum Gasteiger partial charge on any atom is 0.148 e. The SMILES string of the molecule is [2H]c1c([2H])c([2H])c(-c2ccnc(-c3[c-]c(-c4cccc5c4nc(-c4cc(C)cc(C)c4O)n5-c4ccc(C(C([2H])([2H])[2H])(C([2H])([2H])[2H])C([2H])([2H])[2H])cc4-c4ccccc4)cc(C(C)(C)C)c3)c2)c([2H])c1[2H].[Pt]. The maximum atomic E-state index is 11.8. The fraction of sp³-hybridized carbons (Fsp3) is 0.192. The zero-order valence-electron chi connectivity index (χ0n) is 46.0. The molecule has 0 saturated carbocycles. The molecule has 2 heterocycles. The van der Waals surface area contributed by atoms with Crippen molar-refractivity contribution in [1.82, 2.24) is 14.5 Å². The van der Waals surface area contributed by atoms with E-state index in [1.807, 2.05) is 43.3 Å². The summed E-state index contributed by atoms with van der Waals surface area (Å²) in [5, 5.41) is 11.8. The number of nitrogens with zero attached hydrogens (tertiary/aromatic N) is 3. The van der Waals surface area contributed by atoms with Gasteiger partial charge in [-0.25, -0.2) is 4.98 Å². The molecule has 57 heavy (non-hydrogen) atoms. The van der Waals surface area contributed by atoms with Crippen molar-refractivity contribution in [1.29, 1.82) is 0 Å². The van der Waals surface area contributed by atoms with E-state index in [9.17, 15) is 5.11 Å². The number of hydrogen-bond donors (Lipinski definition) is 1. The molecule has 288 valence electrons. The molecule has 0 amide bonds. The van der Waals surface area contributed by atoms with Gasteiger partial charge in [-0.3, -0.25) is 9.55 Å². The molecular formula is C52H48N3OPt-. The molecule has 0 aliphatic heterocycles. The topological polar surface area (TPSA) is 50.9 Å². The van der Waals surface area contributed by atoms with Gasteiger partial charge in [0.1, 0.15) is 11.6 Å². The summed E-state index contributed by atoms with van der Waals surface area (Å²) >= 11 is 0. The van der Waals surface area contributed by atoms with Gasteiger partial charge in [-0.15, -0.1) is 29.3 Å². The number of benzene rings is 6. The van der Waals surface area contributed by atoms with Crippen molar-refractivity contribution in [2.24, 2.45) is 0 Å². The molecule has 0 radical (unpaired) electrons. The van der Waals surface area contributed by atoms with E-state index in [1.54, 1.807) is 60.0 Å². The normalized spacial score (nSPS) is 16.0. The molecule has 8 aromatic rings. The molecule has 1 N–H and O–H groups in total. The van der Waals surface area contributed by atoms with E-state index < -0.39 is 55.1 Å². The summed E-state index contributed by atoms with van der Waals surface area (Å²) in [7, 11) is 0. The first kappa shape index (κ1) is 25.6. The standard InChI is InChI=1S/C52H48N3O.Pt/c1-33-26-34(2)49(56)44(27-33)50-54-48-42(20-15-21-47(48)55(50)46-23-22-40(51(3,4)5)32-43(46)36-18-13-10-14-19-36)38-28-39(30-41(29-38)52(6,7)8)45-31-37(24-25-53-45)35-16-11-9-12-17-35;/h9-27,29-32,56H,1-8H3;/q-1;/i3D3,4D3,5D3,9D,11D,12D,16D,17D;. The number of aromatic hydroxyl groups is 1. The van der Waals surface area contributed by atoms with E-state index in [0.717, 1.165) is 11.1 Å². The molecule has 2 aromatic heterocycles. The van der Waals surface area contributed by atoms with Crippen LogP contribution in [0.2, 0.25) is 0 Å². The quantitative estimate of drug-likeness (QED) is 0.169. The van der Waals surface area contributed by atoms with Gasteiger partial charge in [-0.1, -0.05) is 143 Å². The Labute approximate surface area is 371 Å². The first-order valence-electron chi connectivity index (χ1n) is 25.2. The van der Waals surface area contributed by atoms with E-state index in [4.69, 9.17) is 24.2 Å². The number of imidazole rings is 1. The van der Waals surface area contributed by atoms with Crippen LogP contribution in [0, 0.1) is 19.9 Å². The third kappa shape index (κ3) is 7.76. The van der Waals surface area contributed by atoms with Crippen molar-refractivity contribution in [2.75, 3.05) is 0 Å². The molecule has 0 aliphatic carbocycles. The molecule has 0 aliphatic rings. The van der Waals surface area contributed by atoms with Gasteiger partial charge in [0.15, 0.2) is 0 Å². The van der Waals surface area contributed by atoms with Crippen molar-refractivity contribution < 1.29 is 45.4 Å². The number of hydrogen-bond acceptors (Lipinski definition) is 3. The van der Waals surface area contributed by atoms with Crippen LogP contribution in [-0.4, -0.2) is 19.6 Å². The van der Waals surface area contributed by atoms with Crippen LogP contribution in [0.5, 0.6) is 5.75 Å². The number of pyridine rings is 1. The molecule has 4 nitrogen and oxygen atoms in total. The second kappa shape index (κ2) is 15.4. The number of fused-ring (bicyclic) bond motifs is 1. The molecule has 0 bridgehead atoms. The van der Waals surface area contributed by atoms with Gasteiger partial charge in [0.05, 0.1) is 29.1 Å². The van der Waals surface area contributed by atoms with Crippen LogP contribution in [0.25, 0.3) is 72.7 Å². The Bertz CT molecular complexity index is 3310. The van der Waals surface area contributed by atoms with E-state index in [2.05, 4.69) is 31.8 Å². The van der Waals surface area contributed by atoms with Crippen LogP contribution in [0.1, 0.15) is 82.8 Å². The molecule has 0 spiro atoms. The minimum absolute atomic E-state index is 0. The van der Waals surface area contributed by atoms with Crippen LogP contribution < -0.4 is 0 Å². The Morgan fingerprint density at radius 2 is 1.44 bits per heavy atom. The average Bonchev–Trinajstić information content (AvgIpc) is 3.67. The van der Waals surface area contributed by atoms with Gasteiger partial charge in [0.25, 0.3) is 0 Å². The van der Waals surface area contributed by atoms with E-state index in [1.165, 1.54) is 24.4 Å². The smallest absolute Gasteiger partial charge is 0.148 e. The van der Waals surface area contributed by atoms with Crippen molar-refractivity contribution in [3.05, 3.63) is 168 Å². The van der Waals surface area contributed by atoms with Gasteiger partial charge in [0.2, 0.25) is 0 Å². The summed E-state index contributed by atoms with van der Waals surface area (Å²) in [5.74, 6) is 0.215. The fourth-order valence-corrected chi connectivity index (χ4v) is 7.10. The maximum absolute atomic E-state index is 11.8. The summed E-state index contributed by atoms with van der Waals surface area (Å²) in [5.41, 5.74) is 3.20. The van der Waals surface area contributed by atoms with E-state index in [-0.39, 0.29) is 50.3 Å². The summed E-state index contributed by atoms with van der Waals surface area (Å²) in [6.07, 6.45) is 1.52. The molecule has 6 aromatic carbocycles. The second-order valence-corrected chi connectivity index (χ2v) is 15.1. The monoisotopic (exact) mass is 939 g/mol. The number of para-hydroxylation sites is 1. The Morgan fingerprint density at radius 3 is 2.18 bits per heavy atom. The largest absolute Gasteiger partial charge is 0.507 e. The fourth-order valence-electron chi connectivity index (χ4n) is 7.10. The first-order valence-corrected chi connectivity index (χ1v) is 18.2. The minimum atomic E-state index is -3.51. The van der Waals surface area contributed by atoms with Crippen LogP contribution in [0.4, 0.5) is 0 Å². The molecular weight excluding hydrogens is 878 g/mol. The van der Waals surface area contributed by atoms with Gasteiger partial charge in [-0.2, -0.15) is 0 Å². The van der Waals surface area contributed by atoms with Crippen molar-refractivity contribution >= 4 is 11.0 Å². The summed E-state index contributed by atoms with van der Waals surface area (Å²) in [6.45, 7) is -0.740. The number of phenols is 1. The van der Waals surface area contributed by atoms with Crippen molar-refractivity contribution in [3.63, 3.8) is 0 Å². The van der Waals surface area contributed by atoms with Gasteiger partial charge in [0, 0.05) is 50.9 Å². The van der Waals surface area contributed by atoms with Crippen molar-refractivity contribution in [2.45, 2.75) is 66.0 Å². The van der Waals surface area contributed by atoms with Gasteiger partial charge in [-0.05, 0) is 88.4 Å². The zero-order chi connectivity index (χ0) is 51.2. The third-order valence-corrected chi connectivity index (χ3v) is 9.98. The summed E-state index contributed by atoms with van der Waals surface area (Å²) < 4.78 is 120. The number of aryl methyl sites for hydroxylation is 2. The van der Waals surface area contributed by atoms with Crippen molar-refractivity contribution in [3.8, 4) is 67.5 Å². The number of rotatable bonds is 6. The van der Waals surface area contributed by atoms with E-state index in [0.29, 0.717) is 66.9 Å². The Balaban J connectivity index is 0.00000741. The van der Waals surface area contributed by atoms with E-state index >= 15 is 0 Å². The molecule has 5 heteroatoms. The van der Waals surface area contributed by atoms with Crippen LogP contribution in [0.15, 0.2) is 140 Å². The Morgan fingerprint density at radius 1 is 0.684 bits per heavy atom. The number of aromatic nitrogens is 3. The molecule has 0 atom stereocenters. The third-order valence-electron chi connectivity index (χ3n) is 9.98. The molecule has 8 rings (SSSR count). The predicted octanol–water partition coefficient (Wildman–Crippen LogP) is 13.5.